The van der Waals surface area contributed by atoms with E-state index in [2.05, 4.69) is 21.9 Å². The Morgan fingerprint density at radius 1 is 1.05 bits per heavy atom. The number of hydrogen-bond donors (Lipinski definition) is 3. The lowest BCUT2D eigenvalue weighted by Crippen LogP contribution is -2.55. The summed E-state index contributed by atoms with van der Waals surface area (Å²) in [5.74, 6) is 3.03. The van der Waals surface area contributed by atoms with Crippen molar-refractivity contribution in [3.63, 3.8) is 0 Å². The number of alkyl halides is 3. The number of aliphatic carboxylic acids is 1. The first-order valence-corrected chi connectivity index (χ1v) is 14.5. The van der Waals surface area contributed by atoms with Crippen molar-refractivity contribution in [2.24, 2.45) is 5.92 Å². The maximum absolute atomic E-state index is 12.7. The number of amides is 1. The topological polar surface area (TPSA) is 152 Å². The van der Waals surface area contributed by atoms with E-state index in [4.69, 9.17) is 10.00 Å². The van der Waals surface area contributed by atoms with Crippen molar-refractivity contribution in [1.29, 1.82) is 5.26 Å². The van der Waals surface area contributed by atoms with Crippen molar-refractivity contribution in [3.05, 3.63) is 59.2 Å². The number of piperazine rings is 1. The molecule has 3 rings (SSSR count). The van der Waals surface area contributed by atoms with Crippen LogP contribution >= 0.6 is 0 Å². The van der Waals surface area contributed by atoms with Crippen molar-refractivity contribution in [2.45, 2.75) is 26.1 Å². The summed E-state index contributed by atoms with van der Waals surface area (Å²) in [5.41, 5.74) is 1.57. The van der Waals surface area contributed by atoms with Gasteiger partial charge < -0.3 is 20.1 Å². The van der Waals surface area contributed by atoms with Crippen LogP contribution in [0.15, 0.2) is 42.5 Å². The fraction of sp³-hybridized carbons (Fsp3) is 0.393. The van der Waals surface area contributed by atoms with Gasteiger partial charge in [-0.2, -0.15) is 35.9 Å². The number of halogens is 3. The number of benzene rings is 2. The van der Waals surface area contributed by atoms with Crippen LogP contribution in [0.2, 0.25) is 0 Å². The first kappa shape index (κ1) is 33.2. The monoisotopic (exact) mass is 621 g/mol. The second kappa shape index (κ2) is 14.2. The first-order chi connectivity index (χ1) is 20.2. The number of nitrogens with one attached hydrogen (secondary N) is 2. The molecule has 0 bridgehead atoms. The van der Waals surface area contributed by atoms with Gasteiger partial charge in [-0.3, -0.25) is 9.59 Å². The zero-order valence-corrected chi connectivity index (χ0v) is 24.1. The van der Waals surface area contributed by atoms with Crippen molar-refractivity contribution in [2.75, 3.05) is 44.2 Å². The number of carbonyl (C=O) groups excluding carboxylic acids is 1. The summed E-state index contributed by atoms with van der Waals surface area (Å²) in [5, 5.41) is 20.3. The summed E-state index contributed by atoms with van der Waals surface area (Å²) < 4.78 is 71.5. The number of nitrogens with zero attached hydrogens (tertiary/aromatic N) is 3. The molecule has 1 aliphatic heterocycles. The maximum atomic E-state index is 12.7. The second-order valence-corrected chi connectivity index (χ2v) is 11.5. The van der Waals surface area contributed by atoms with E-state index >= 15 is 0 Å². The van der Waals surface area contributed by atoms with E-state index in [0.29, 0.717) is 24.2 Å². The predicted molar refractivity (Wildman–Crippen MR) is 150 cm³/mol. The molecule has 1 heterocycles. The number of rotatable bonds is 10. The highest BCUT2D eigenvalue weighted by Gasteiger charge is 2.33. The molecule has 1 saturated heterocycles. The zero-order chi connectivity index (χ0) is 31.8. The van der Waals surface area contributed by atoms with Gasteiger partial charge in [-0.15, -0.1) is 0 Å². The van der Waals surface area contributed by atoms with Crippen LogP contribution in [0, 0.1) is 29.1 Å². The number of carboxylic acids is 1. The van der Waals surface area contributed by atoms with Crippen LogP contribution in [0.25, 0.3) is 0 Å². The lowest BCUT2D eigenvalue weighted by atomic mass is 10.1. The third-order valence-corrected chi connectivity index (χ3v) is 7.91. The molecule has 3 N–H and O–H groups in total. The van der Waals surface area contributed by atoms with Gasteiger partial charge in [0.15, 0.2) is 6.61 Å². The summed E-state index contributed by atoms with van der Waals surface area (Å²) in [6, 6.07) is 11.5. The van der Waals surface area contributed by atoms with Crippen LogP contribution in [0.3, 0.4) is 0 Å². The molecule has 1 aliphatic rings. The van der Waals surface area contributed by atoms with E-state index in [0.717, 1.165) is 5.69 Å². The molecule has 11 nitrogen and oxygen atoms in total. The molecular formula is C28H30F3N5O6S. The molecule has 1 atom stereocenters. The van der Waals surface area contributed by atoms with E-state index in [1.165, 1.54) is 22.5 Å². The van der Waals surface area contributed by atoms with Gasteiger partial charge in [-0.1, -0.05) is 25.7 Å². The minimum absolute atomic E-state index is 0.161. The normalized spacial score (nSPS) is 14.8. The van der Waals surface area contributed by atoms with Gasteiger partial charge in [-0.05, 0) is 48.4 Å². The van der Waals surface area contributed by atoms with Crippen LogP contribution in [0.1, 0.15) is 35.3 Å². The van der Waals surface area contributed by atoms with Gasteiger partial charge in [0.05, 0.1) is 11.6 Å². The quantitative estimate of drug-likeness (QED) is 0.270. The van der Waals surface area contributed by atoms with Crippen LogP contribution in [-0.2, 0) is 15.0 Å². The molecule has 2 aromatic rings. The Hall–Kier alpha value is -4.31. The summed E-state index contributed by atoms with van der Waals surface area (Å²) in [6.07, 6.45) is -4.60. The van der Waals surface area contributed by atoms with Gasteiger partial charge in [0.1, 0.15) is 18.3 Å². The molecule has 0 aliphatic carbocycles. The lowest BCUT2D eigenvalue weighted by Gasteiger charge is -2.36. The fourth-order valence-corrected chi connectivity index (χ4v) is 5.57. The molecule has 0 aromatic heterocycles. The molecule has 230 valence electrons. The summed E-state index contributed by atoms with van der Waals surface area (Å²) >= 11 is 0. The SMILES string of the molecule is CC(C)C(NS(=O)(=O)N1CCN(c2ccc(C#Cc3ccc(OCC(F)(F)F)c(C(=O)NCC#N)c3)cc2)CC1)C(=O)O. The highest BCUT2D eigenvalue weighted by molar-refractivity contribution is 7.87. The van der Waals surface area contributed by atoms with E-state index in [1.807, 2.05) is 4.90 Å². The molecule has 43 heavy (non-hydrogen) atoms. The number of carbonyl (C=O) groups is 2. The second-order valence-electron chi connectivity index (χ2n) is 9.82. The van der Waals surface area contributed by atoms with Crippen LogP contribution in [-0.4, -0.2) is 81.3 Å². The van der Waals surface area contributed by atoms with E-state index < -0.39 is 46.8 Å². The average molecular weight is 622 g/mol. The molecular weight excluding hydrogens is 591 g/mol. The van der Waals surface area contributed by atoms with Crippen molar-refractivity contribution in [1.82, 2.24) is 14.3 Å². The van der Waals surface area contributed by atoms with Crippen LogP contribution in [0.5, 0.6) is 5.75 Å². The minimum Gasteiger partial charge on any atom is -0.483 e. The predicted octanol–water partition coefficient (Wildman–Crippen LogP) is 2.35. The molecule has 15 heteroatoms. The summed E-state index contributed by atoms with van der Waals surface area (Å²) in [7, 11) is -3.98. The van der Waals surface area contributed by atoms with Gasteiger partial charge in [0.2, 0.25) is 0 Å². The van der Waals surface area contributed by atoms with Gasteiger partial charge >= 0.3 is 12.1 Å². The molecule has 0 spiro atoms. The first-order valence-electron chi connectivity index (χ1n) is 13.1. The van der Waals surface area contributed by atoms with Crippen molar-refractivity contribution < 1.29 is 41.0 Å². The number of anilines is 1. The minimum atomic E-state index is -4.60. The summed E-state index contributed by atoms with van der Waals surface area (Å²) in [4.78, 5) is 25.8. The van der Waals surface area contributed by atoms with Crippen LogP contribution in [0.4, 0.5) is 18.9 Å². The van der Waals surface area contributed by atoms with Gasteiger partial charge in [-0.25, -0.2) is 0 Å². The highest BCUT2D eigenvalue weighted by Crippen LogP contribution is 2.24. The largest absolute Gasteiger partial charge is 0.483 e. The maximum Gasteiger partial charge on any atom is 0.422 e. The Morgan fingerprint density at radius 3 is 2.21 bits per heavy atom. The smallest absolute Gasteiger partial charge is 0.422 e. The van der Waals surface area contributed by atoms with Gasteiger partial charge in [0, 0.05) is 43.0 Å². The number of nitriles is 1. The molecule has 0 saturated carbocycles. The Bertz CT molecular complexity index is 1520. The average Bonchev–Trinajstić information content (AvgIpc) is 2.96. The van der Waals surface area contributed by atoms with Crippen molar-refractivity contribution in [3.8, 4) is 23.7 Å². The Labute approximate surface area is 247 Å². The molecule has 1 unspecified atom stereocenters. The Morgan fingerprint density at radius 2 is 1.65 bits per heavy atom. The van der Waals surface area contributed by atoms with E-state index in [1.54, 1.807) is 44.2 Å². The molecule has 1 fully saturated rings. The summed E-state index contributed by atoms with van der Waals surface area (Å²) in [6.45, 7) is 2.39. The van der Waals surface area contributed by atoms with Crippen LogP contribution < -0.4 is 19.7 Å². The van der Waals surface area contributed by atoms with E-state index in [9.17, 15) is 36.3 Å². The lowest BCUT2D eigenvalue weighted by molar-refractivity contribution is -0.153. The number of hydrogen-bond acceptors (Lipinski definition) is 7. The van der Waals surface area contributed by atoms with E-state index in [-0.39, 0.29) is 30.9 Å². The Balaban J connectivity index is 1.67. The molecule has 1 amide bonds. The van der Waals surface area contributed by atoms with Gasteiger partial charge in [0.25, 0.3) is 16.1 Å². The number of ether oxygens (including phenoxy) is 1. The zero-order valence-electron chi connectivity index (χ0n) is 23.3. The fourth-order valence-electron chi connectivity index (χ4n) is 4.08. The molecule has 2 aromatic carbocycles. The highest BCUT2D eigenvalue weighted by atomic mass is 32.2. The number of carboxylic acid groups (broad SMARTS) is 1. The van der Waals surface area contributed by atoms with Crippen molar-refractivity contribution >= 4 is 27.8 Å². The standard InChI is InChI=1S/C28H30F3N5O6S/c1-19(2)25(27(38)39)34-43(40,41)36-15-13-35(14-16-36)22-8-5-20(6-9-22)3-4-21-7-10-24(42-18-28(29,30)31)23(17-21)26(37)33-12-11-32/h5-10,17,19,25,34H,12-16,18H2,1-2H3,(H,33,37)(H,38,39). The Kier molecular flexibility index (Phi) is 11.0. The third kappa shape index (κ3) is 9.61. The third-order valence-electron chi connectivity index (χ3n) is 6.31. The molecule has 0 radical (unpaired) electrons.